The minimum absolute atomic E-state index is 0.0870. The average Bonchev–Trinajstić information content (AvgIpc) is 2.39. The molecule has 1 amide bonds. The minimum Gasteiger partial charge on any atom is -0.491 e. The van der Waals surface area contributed by atoms with Crippen LogP contribution in [0.3, 0.4) is 0 Å². The first-order valence-electron chi connectivity index (χ1n) is 7.70. The molecule has 118 valence electrons. The summed E-state index contributed by atoms with van der Waals surface area (Å²) >= 11 is 0. The van der Waals surface area contributed by atoms with E-state index in [9.17, 15) is 4.79 Å². The van der Waals surface area contributed by atoms with Gasteiger partial charge in [-0.2, -0.15) is 0 Å². The number of benzene rings is 1. The molecular formula is C17H28N2O2. The highest BCUT2D eigenvalue weighted by Crippen LogP contribution is 2.23. The molecule has 0 atom stereocenters. The van der Waals surface area contributed by atoms with E-state index in [0.717, 1.165) is 12.8 Å². The molecule has 0 radical (unpaired) electrons. The lowest BCUT2D eigenvalue weighted by Crippen LogP contribution is -2.25. The van der Waals surface area contributed by atoms with Crippen molar-refractivity contribution in [1.82, 2.24) is 5.32 Å². The Morgan fingerprint density at radius 1 is 1.19 bits per heavy atom. The Bertz CT molecular complexity index is 456. The molecule has 0 saturated heterocycles. The summed E-state index contributed by atoms with van der Waals surface area (Å²) in [5.74, 6) is 1.73. The van der Waals surface area contributed by atoms with Crippen molar-refractivity contribution in [3.05, 3.63) is 23.8 Å². The van der Waals surface area contributed by atoms with Crippen LogP contribution in [0.25, 0.3) is 0 Å². The van der Waals surface area contributed by atoms with E-state index in [-0.39, 0.29) is 5.91 Å². The quantitative estimate of drug-likeness (QED) is 0.721. The summed E-state index contributed by atoms with van der Waals surface area (Å²) in [6.45, 7) is 9.89. The number of rotatable bonds is 8. The Hall–Kier alpha value is -1.71. The maximum absolute atomic E-state index is 12.0. The Morgan fingerprint density at radius 2 is 1.86 bits per heavy atom. The average molecular weight is 292 g/mol. The minimum atomic E-state index is -0.0870. The largest absolute Gasteiger partial charge is 0.491 e. The van der Waals surface area contributed by atoms with Crippen molar-refractivity contribution in [2.75, 3.05) is 18.9 Å². The van der Waals surface area contributed by atoms with E-state index >= 15 is 0 Å². The van der Waals surface area contributed by atoms with E-state index in [0.29, 0.717) is 42.0 Å². The second-order valence-electron chi connectivity index (χ2n) is 6.22. The molecule has 4 nitrogen and oxygen atoms in total. The third-order valence-electron chi connectivity index (χ3n) is 3.23. The Morgan fingerprint density at radius 3 is 2.43 bits per heavy atom. The highest BCUT2D eigenvalue weighted by molar-refractivity contribution is 5.95. The first-order chi connectivity index (χ1) is 9.90. The highest BCUT2D eigenvalue weighted by atomic mass is 16.5. The third kappa shape index (κ3) is 6.52. The zero-order valence-corrected chi connectivity index (χ0v) is 13.6. The van der Waals surface area contributed by atoms with Gasteiger partial charge in [0.1, 0.15) is 5.75 Å². The number of anilines is 1. The van der Waals surface area contributed by atoms with Crippen LogP contribution in [0, 0.1) is 11.8 Å². The van der Waals surface area contributed by atoms with Gasteiger partial charge in [0.05, 0.1) is 12.3 Å². The summed E-state index contributed by atoms with van der Waals surface area (Å²) in [4.78, 5) is 12.0. The lowest BCUT2D eigenvalue weighted by molar-refractivity contribution is 0.0952. The Balaban J connectivity index is 2.54. The fourth-order valence-electron chi connectivity index (χ4n) is 1.80. The molecule has 0 saturated carbocycles. The number of carbonyl (C=O) groups excluding carboxylic acids is 1. The molecule has 0 aromatic heterocycles. The Kier molecular flexibility index (Phi) is 7.06. The molecule has 1 aromatic rings. The monoisotopic (exact) mass is 292 g/mol. The lowest BCUT2D eigenvalue weighted by Gasteiger charge is -2.12. The standard InChI is InChI=1S/C17H28N2O2/c1-12(2)7-9-19-17(20)14-5-6-16(15(18)11-14)21-10-8-13(3)4/h5-6,11-13H,7-10,18H2,1-4H3,(H,19,20). The number of nitrogens with one attached hydrogen (secondary N) is 1. The summed E-state index contributed by atoms with van der Waals surface area (Å²) < 4.78 is 5.64. The SMILES string of the molecule is CC(C)CCNC(=O)c1ccc(OCCC(C)C)c(N)c1. The van der Waals surface area contributed by atoms with Gasteiger partial charge in [-0.15, -0.1) is 0 Å². The molecule has 21 heavy (non-hydrogen) atoms. The molecule has 0 heterocycles. The molecule has 1 rings (SSSR count). The second kappa shape index (κ2) is 8.55. The van der Waals surface area contributed by atoms with Gasteiger partial charge in [0, 0.05) is 12.1 Å². The van der Waals surface area contributed by atoms with Crippen LogP contribution in [-0.2, 0) is 0 Å². The van der Waals surface area contributed by atoms with Crippen LogP contribution in [0.2, 0.25) is 0 Å². The van der Waals surface area contributed by atoms with Crippen molar-refractivity contribution in [1.29, 1.82) is 0 Å². The van der Waals surface area contributed by atoms with Crippen LogP contribution < -0.4 is 15.8 Å². The van der Waals surface area contributed by atoms with E-state index in [1.165, 1.54) is 0 Å². The van der Waals surface area contributed by atoms with Crippen LogP contribution in [0.15, 0.2) is 18.2 Å². The normalized spacial score (nSPS) is 11.0. The van der Waals surface area contributed by atoms with Gasteiger partial charge >= 0.3 is 0 Å². The van der Waals surface area contributed by atoms with Crippen molar-refractivity contribution in [3.63, 3.8) is 0 Å². The molecular weight excluding hydrogens is 264 g/mol. The molecule has 0 aliphatic rings. The van der Waals surface area contributed by atoms with Gasteiger partial charge in [0.2, 0.25) is 0 Å². The van der Waals surface area contributed by atoms with Gasteiger partial charge in [-0.25, -0.2) is 0 Å². The third-order valence-corrected chi connectivity index (χ3v) is 3.23. The zero-order chi connectivity index (χ0) is 15.8. The van der Waals surface area contributed by atoms with Crippen molar-refractivity contribution >= 4 is 11.6 Å². The van der Waals surface area contributed by atoms with E-state index in [4.69, 9.17) is 10.5 Å². The number of nitrogens with two attached hydrogens (primary N) is 1. The smallest absolute Gasteiger partial charge is 0.251 e. The van der Waals surface area contributed by atoms with Crippen molar-refractivity contribution in [2.24, 2.45) is 11.8 Å². The molecule has 0 spiro atoms. The molecule has 0 aliphatic carbocycles. The van der Waals surface area contributed by atoms with E-state index in [2.05, 4.69) is 33.0 Å². The number of hydrogen-bond acceptors (Lipinski definition) is 3. The molecule has 0 unspecified atom stereocenters. The second-order valence-corrected chi connectivity index (χ2v) is 6.22. The van der Waals surface area contributed by atoms with E-state index in [1.54, 1.807) is 18.2 Å². The van der Waals surface area contributed by atoms with Crippen molar-refractivity contribution < 1.29 is 9.53 Å². The number of nitrogen functional groups attached to an aromatic ring is 1. The van der Waals surface area contributed by atoms with Gasteiger partial charge in [-0.1, -0.05) is 27.7 Å². The summed E-state index contributed by atoms with van der Waals surface area (Å²) in [5.41, 5.74) is 7.03. The molecule has 0 fully saturated rings. The fraction of sp³-hybridized carbons (Fsp3) is 0.588. The summed E-state index contributed by atoms with van der Waals surface area (Å²) in [7, 11) is 0. The molecule has 1 aromatic carbocycles. The summed E-state index contributed by atoms with van der Waals surface area (Å²) in [6, 6.07) is 5.20. The van der Waals surface area contributed by atoms with E-state index in [1.807, 2.05) is 0 Å². The van der Waals surface area contributed by atoms with Crippen molar-refractivity contribution in [2.45, 2.75) is 40.5 Å². The highest BCUT2D eigenvalue weighted by Gasteiger charge is 2.09. The van der Waals surface area contributed by atoms with Crippen LogP contribution in [0.4, 0.5) is 5.69 Å². The number of hydrogen-bond donors (Lipinski definition) is 2. The van der Waals surface area contributed by atoms with Gasteiger partial charge in [0.25, 0.3) is 5.91 Å². The van der Waals surface area contributed by atoms with Crippen LogP contribution in [-0.4, -0.2) is 19.1 Å². The predicted octanol–water partition coefficient (Wildman–Crippen LogP) is 3.47. The summed E-state index contributed by atoms with van der Waals surface area (Å²) in [6.07, 6.45) is 1.95. The fourth-order valence-corrected chi connectivity index (χ4v) is 1.80. The number of carbonyl (C=O) groups is 1. The molecule has 3 N–H and O–H groups in total. The van der Waals surface area contributed by atoms with Gasteiger partial charge in [-0.05, 0) is 42.9 Å². The molecule has 0 aliphatic heterocycles. The van der Waals surface area contributed by atoms with Crippen molar-refractivity contribution in [3.8, 4) is 5.75 Å². The Labute approximate surface area is 128 Å². The summed E-state index contributed by atoms with van der Waals surface area (Å²) in [5, 5.41) is 2.90. The van der Waals surface area contributed by atoms with Crippen LogP contribution >= 0.6 is 0 Å². The number of ether oxygens (including phenoxy) is 1. The van der Waals surface area contributed by atoms with E-state index < -0.39 is 0 Å². The first-order valence-corrected chi connectivity index (χ1v) is 7.70. The van der Waals surface area contributed by atoms with Gasteiger partial charge < -0.3 is 15.8 Å². The van der Waals surface area contributed by atoms with Crippen LogP contribution in [0.5, 0.6) is 5.75 Å². The topological polar surface area (TPSA) is 64.3 Å². The first kappa shape index (κ1) is 17.3. The van der Waals surface area contributed by atoms with Gasteiger partial charge in [0.15, 0.2) is 0 Å². The predicted molar refractivity (Wildman–Crippen MR) is 87.6 cm³/mol. The van der Waals surface area contributed by atoms with Crippen LogP contribution in [0.1, 0.15) is 50.9 Å². The molecule has 0 bridgehead atoms. The van der Waals surface area contributed by atoms with Gasteiger partial charge in [-0.3, -0.25) is 4.79 Å². The lowest BCUT2D eigenvalue weighted by atomic mass is 10.1. The number of amides is 1. The maximum Gasteiger partial charge on any atom is 0.251 e. The maximum atomic E-state index is 12.0. The zero-order valence-electron chi connectivity index (χ0n) is 13.6. The molecule has 4 heteroatoms.